The third-order valence-corrected chi connectivity index (χ3v) is 6.29. The highest BCUT2D eigenvalue weighted by molar-refractivity contribution is 7.90. The Hall–Kier alpha value is -4.36. The van der Waals surface area contributed by atoms with Gasteiger partial charge in [-0.3, -0.25) is 4.40 Å². The average molecular weight is 482 g/mol. The number of anilines is 1. The Kier molecular flexibility index (Phi) is 6.32. The lowest BCUT2D eigenvalue weighted by molar-refractivity contribution is 0.497. The SMILES string of the molecule is O=S(=O)(/C=C/c1ccccc1)Oc1ccc(-c2nc3ccccn3c2NCc2ccccc2)cc1. The average Bonchev–Trinajstić information content (AvgIpc) is 3.26. The van der Waals surface area contributed by atoms with E-state index in [1.807, 2.05) is 77.3 Å². The van der Waals surface area contributed by atoms with E-state index in [1.165, 1.54) is 6.08 Å². The molecule has 5 aromatic rings. The standard InChI is InChI=1S/C28H23N3O3S/c32-35(33,20-18-22-9-3-1-4-10-22)34-25-16-14-24(15-17-25)27-28(29-21-23-11-5-2-6-12-23)31-19-8-7-13-26(31)30-27/h1-20,29H,21H2/b20-18+. The summed E-state index contributed by atoms with van der Waals surface area (Å²) in [6.45, 7) is 0.643. The number of imidazole rings is 1. The molecule has 0 fully saturated rings. The number of pyridine rings is 1. The molecule has 3 aromatic carbocycles. The number of rotatable bonds is 8. The maximum atomic E-state index is 12.4. The van der Waals surface area contributed by atoms with Crippen LogP contribution in [0.4, 0.5) is 5.82 Å². The van der Waals surface area contributed by atoms with Gasteiger partial charge in [-0.1, -0.05) is 66.7 Å². The van der Waals surface area contributed by atoms with Crippen LogP contribution in [0.5, 0.6) is 5.75 Å². The Balaban J connectivity index is 1.38. The molecule has 0 unspecified atom stereocenters. The van der Waals surface area contributed by atoms with Crippen molar-refractivity contribution in [3.8, 4) is 17.0 Å². The zero-order chi connectivity index (χ0) is 24.1. The summed E-state index contributed by atoms with van der Waals surface area (Å²) in [5.74, 6) is 1.09. The summed E-state index contributed by atoms with van der Waals surface area (Å²) in [7, 11) is -3.89. The Morgan fingerprint density at radius 1 is 0.829 bits per heavy atom. The minimum atomic E-state index is -3.89. The zero-order valence-corrected chi connectivity index (χ0v) is 19.6. The molecule has 35 heavy (non-hydrogen) atoms. The summed E-state index contributed by atoms with van der Waals surface area (Å²) in [5, 5.41) is 4.56. The summed E-state index contributed by atoms with van der Waals surface area (Å²) in [4.78, 5) is 4.79. The number of aromatic nitrogens is 2. The van der Waals surface area contributed by atoms with Gasteiger partial charge in [0.05, 0.1) is 5.41 Å². The van der Waals surface area contributed by atoms with Crippen LogP contribution < -0.4 is 9.50 Å². The Morgan fingerprint density at radius 2 is 1.51 bits per heavy atom. The number of benzene rings is 3. The van der Waals surface area contributed by atoms with Gasteiger partial charge in [-0.15, -0.1) is 0 Å². The van der Waals surface area contributed by atoms with E-state index in [0.29, 0.717) is 6.54 Å². The third-order valence-electron chi connectivity index (χ3n) is 5.40. The lowest BCUT2D eigenvalue weighted by atomic mass is 10.1. The van der Waals surface area contributed by atoms with Crippen LogP contribution in [0.3, 0.4) is 0 Å². The summed E-state index contributed by atoms with van der Waals surface area (Å²) in [5.41, 5.74) is 4.35. The van der Waals surface area contributed by atoms with E-state index >= 15 is 0 Å². The zero-order valence-electron chi connectivity index (χ0n) is 18.8. The lowest BCUT2D eigenvalue weighted by Crippen LogP contribution is -2.05. The molecule has 6 nitrogen and oxygen atoms in total. The van der Waals surface area contributed by atoms with Crippen LogP contribution in [0.1, 0.15) is 11.1 Å². The molecule has 0 aliphatic rings. The van der Waals surface area contributed by atoms with E-state index in [9.17, 15) is 8.42 Å². The van der Waals surface area contributed by atoms with Crippen molar-refractivity contribution < 1.29 is 12.6 Å². The van der Waals surface area contributed by atoms with Crippen LogP contribution in [0.2, 0.25) is 0 Å². The van der Waals surface area contributed by atoms with E-state index in [0.717, 1.165) is 39.3 Å². The predicted octanol–water partition coefficient (Wildman–Crippen LogP) is 5.99. The molecule has 2 heterocycles. The summed E-state index contributed by atoms with van der Waals surface area (Å²) >= 11 is 0. The first kappa shape index (κ1) is 22.4. The van der Waals surface area contributed by atoms with E-state index in [4.69, 9.17) is 9.17 Å². The van der Waals surface area contributed by atoms with Gasteiger partial charge in [0, 0.05) is 18.3 Å². The van der Waals surface area contributed by atoms with E-state index in [-0.39, 0.29) is 5.75 Å². The van der Waals surface area contributed by atoms with Crippen molar-refractivity contribution in [3.63, 3.8) is 0 Å². The van der Waals surface area contributed by atoms with Gasteiger partial charge < -0.3 is 9.50 Å². The van der Waals surface area contributed by atoms with Gasteiger partial charge in [0.1, 0.15) is 22.9 Å². The summed E-state index contributed by atoms with van der Waals surface area (Å²) in [6.07, 6.45) is 3.47. The molecule has 2 aromatic heterocycles. The highest BCUT2D eigenvalue weighted by Gasteiger charge is 2.15. The van der Waals surface area contributed by atoms with Crippen LogP contribution in [0.25, 0.3) is 23.0 Å². The minimum absolute atomic E-state index is 0.231. The van der Waals surface area contributed by atoms with Crippen LogP contribution in [0.15, 0.2) is 115 Å². The number of hydrogen-bond acceptors (Lipinski definition) is 5. The topological polar surface area (TPSA) is 72.7 Å². The van der Waals surface area contributed by atoms with Gasteiger partial charge in [-0.05, 0) is 53.6 Å². The molecule has 0 saturated heterocycles. The van der Waals surface area contributed by atoms with Gasteiger partial charge in [0.25, 0.3) is 0 Å². The molecule has 0 radical (unpaired) electrons. The molecular formula is C28H23N3O3S. The number of fused-ring (bicyclic) bond motifs is 1. The van der Waals surface area contributed by atoms with Crippen molar-refractivity contribution in [1.29, 1.82) is 0 Å². The van der Waals surface area contributed by atoms with Crippen LogP contribution >= 0.6 is 0 Å². The van der Waals surface area contributed by atoms with Crippen molar-refractivity contribution in [2.24, 2.45) is 0 Å². The van der Waals surface area contributed by atoms with Crippen molar-refractivity contribution in [2.45, 2.75) is 6.54 Å². The molecule has 0 spiro atoms. The first-order valence-electron chi connectivity index (χ1n) is 11.1. The predicted molar refractivity (Wildman–Crippen MR) is 139 cm³/mol. The third kappa shape index (κ3) is 5.42. The fourth-order valence-corrected chi connectivity index (χ4v) is 4.46. The Morgan fingerprint density at radius 3 is 2.26 bits per heavy atom. The van der Waals surface area contributed by atoms with Crippen molar-refractivity contribution in [3.05, 3.63) is 126 Å². The molecule has 0 bridgehead atoms. The van der Waals surface area contributed by atoms with Gasteiger partial charge >= 0.3 is 10.1 Å². The summed E-state index contributed by atoms with van der Waals surface area (Å²) < 4.78 is 32.0. The molecule has 0 atom stereocenters. The largest absolute Gasteiger partial charge is 0.379 e. The van der Waals surface area contributed by atoms with E-state index < -0.39 is 10.1 Å². The molecule has 0 aliphatic heterocycles. The van der Waals surface area contributed by atoms with Gasteiger partial charge in [0.15, 0.2) is 0 Å². The van der Waals surface area contributed by atoms with Crippen molar-refractivity contribution in [2.75, 3.05) is 5.32 Å². The minimum Gasteiger partial charge on any atom is -0.379 e. The summed E-state index contributed by atoms with van der Waals surface area (Å²) in [6, 6.07) is 32.0. The van der Waals surface area contributed by atoms with Gasteiger partial charge in [-0.2, -0.15) is 8.42 Å². The second kappa shape index (κ2) is 9.87. The first-order chi connectivity index (χ1) is 17.1. The highest BCUT2D eigenvalue weighted by Crippen LogP contribution is 2.30. The fraction of sp³-hybridized carbons (Fsp3) is 0.0357. The Bertz CT molecular complexity index is 1560. The van der Waals surface area contributed by atoms with Crippen molar-refractivity contribution in [1.82, 2.24) is 9.38 Å². The second-order valence-electron chi connectivity index (χ2n) is 7.89. The second-order valence-corrected chi connectivity index (χ2v) is 9.32. The normalized spacial score (nSPS) is 11.7. The molecule has 0 amide bonds. The molecule has 5 rings (SSSR count). The van der Waals surface area contributed by atoms with Gasteiger partial charge in [0.2, 0.25) is 0 Å². The molecule has 1 N–H and O–H groups in total. The lowest BCUT2D eigenvalue weighted by Gasteiger charge is -2.10. The number of hydrogen-bond donors (Lipinski definition) is 1. The number of nitrogens with zero attached hydrogens (tertiary/aromatic N) is 2. The fourth-order valence-electron chi connectivity index (χ4n) is 3.70. The van der Waals surface area contributed by atoms with Crippen LogP contribution in [0, 0.1) is 0 Å². The maximum absolute atomic E-state index is 12.4. The molecule has 0 saturated carbocycles. The van der Waals surface area contributed by atoms with E-state index in [2.05, 4.69) is 17.4 Å². The quantitative estimate of drug-likeness (QED) is 0.276. The Labute approximate surface area is 204 Å². The van der Waals surface area contributed by atoms with E-state index in [1.54, 1.807) is 24.3 Å². The molecular weight excluding hydrogens is 458 g/mol. The smallest absolute Gasteiger partial charge is 0.332 e. The van der Waals surface area contributed by atoms with Crippen molar-refractivity contribution >= 4 is 27.7 Å². The van der Waals surface area contributed by atoms with Gasteiger partial charge in [-0.25, -0.2) is 4.98 Å². The highest BCUT2D eigenvalue weighted by atomic mass is 32.2. The molecule has 174 valence electrons. The first-order valence-corrected chi connectivity index (χ1v) is 12.6. The maximum Gasteiger partial charge on any atom is 0.332 e. The molecule has 7 heteroatoms. The van der Waals surface area contributed by atoms with Crippen LogP contribution in [-0.4, -0.2) is 17.8 Å². The monoisotopic (exact) mass is 481 g/mol. The number of nitrogens with one attached hydrogen (secondary N) is 1. The van der Waals surface area contributed by atoms with Crippen LogP contribution in [-0.2, 0) is 16.7 Å². The molecule has 0 aliphatic carbocycles.